The van der Waals surface area contributed by atoms with Crippen LogP contribution in [0.25, 0.3) is 0 Å². The monoisotopic (exact) mass is 180 g/mol. The van der Waals surface area contributed by atoms with Crippen molar-refractivity contribution in [3.63, 3.8) is 0 Å². The minimum absolute atomic E-state index is 0.882. The molecule has 0 saturated carbocycles. The van der Waals surface area contributed by atoms with Crippen molar-refractivity contribution in [3.8, 4) is 12.3 Å². The molecule has 0 rings (SSSR count). The van der Waals surface area contributed by atoms with E-state index in [2.05, 4.69) is 26.7 Å². The van der Waals surface area contributed by atoms with Gasteiger partial charge in [-0.25, -0.2) is 0 Å². The summed E-state index contributed by atoms with van der Waals surface area (Å²) in [6.45, 7) is 6.98. The molecule has 0 heteroatoms. The molecule has 0 aromatic heterocycles. The van der Waals surface area contributed by atoms with Crippen LogP contribution < -0.4 is 0 Å². The lowest BCUT2D eigenvalue weighted by Crippen LogP contribution is -2.09. The highest BCUT2D eigenvalue weighted by molar-refractivity contribution is 4.82. The highest BCUT2D eigenvalue weighted by Gasteiger charge is 2.12. The first-order valence-corrected chi connectivity index (χ1v) is 5.69. The third-order valence-corrected chi connectivity index (χ3v) is 3.08. The molecule has 76 valence electrons. The van der Waals surface area contributed by atoms with Gasteiger partial charge in [-0.3, -0.25) is 0 Å². The fraction of sp³-hybridized carbons (Fsp3) is 0.846. The summed E-state index contributed by atoms with van der Waals surface area (Å²) in [5, 5.41) is 0. The molecule has 0 aliphatic carbocycles. The molecule has 0 saturated heterocycles. The molecule has 0 radical (unpaired) electrons. The first-order valence-electron chi connectivity index (χ1n) is 5.69. The lowest BCUT2D eigenvalue weighted by molar-refractivity contribution is 0.311. The van der Waals surface area contributed by atoms with Gasteiger partial charge in [-0.2, -0.15) is 0 Å². The van der Waals surface area contributed by atoms with E-state index in [0.717, 1.165) is 18.3 Å². The number of rotatable bonds is 7. The number of terminal acetylenes is 1. The molecular formula is C13H24. The molecule has 0 aromatic carbocycles. The fourth-order valence-corrected chi connectivity index (χ4v) is 2.02. The smallest absolute Gasteiger partial charge is 0.00860 e. The standard InChI is InChI=1S/C13H24/c1-5-8-9-10-11-12(4)13(6-2)7-3/h1,12-13H,6-11H2,2-4H3. The van der Waals surface area contributed by atoms with Gasteiger partial charge in [-0.05, 0) is 18.3 Å². The SMILES string of the molecule is C#CCCCCC(C)C(CC)CC. The molecule has 0 aliphatic rings. The van der Waals surface area contributed by atoms with Crippen LogP contribution >= 0.6 is 0 Å². The van der Waals surface area contributed by atoms with E-state index in [9.17, 15) is 0 Å². The van der Waals surface area contributed by atoms with Crippen molar-refractivity contribution in [2.75, 3.05) is 0 Å². The second-order valence-electron chi connectivity index (χ2n) is 4.00. The Labute approximate surface area is 84.1 Å². The maximum atomic E-state index is 5.21. The molecular weight excluding hydrogens is 156 g/mol. The van der Waals surface area contributed by atoms with E-state index in [0.29, 0.717) is 0 Å². The molecule has 13 heavy (non-hydrogen) atoms. The average Bonchev–Trinajstić information content (AvgIpc) is 2.14. The van der Waals surface area contributed by atoms with E-state index in [4.69, 9.17) is 6.42 Å². The van der Waals surface area contributed by atoms with Gasteiger partial charge in [0.15, 0.2) is 0 Å². The summed E-state index contributed by atoms with van der Waals surface area (Å²) in [6, 6.07) is 0. The number of unbranched alkanes of at least 4 members (excludes halogenated alkanes) is 2. The van der Waals surface area contributed by atoms with Crippen molar-refractivity contribution < 1.29 is 0 Å². The molecule has 0 bridgehead atoms. The van der Waals surface area contributed by atoms with Gasteiger partial charge < -0.3 is 0 Å². The highest BCUT2D eigenvalue weighted by atomic mass is 14.2. The van der Waals surface area contributed by atoms with Crippen LogP contribution in [-0.4, -0.2) is 0 Å². The van der Waals surface area contributed by atoms with E-state index in [-0.39, 0.29) is 0 Å². The minimum Gasteiger partial charge on any atom is -0.120 e. The maximum absolute atomic E-state index is 5.21. The third-order valence-electron chi connectivity index (χ3n) is 3.08. The molecule has 0 heterocycles. The van der Waals surface area contributed by atoms with Crippen LogP contribution in [0.4, 0.5) is 0 Å². The Morgan fingerprint density at radius 2 is 1.77 bits per heavy atom. The van der Waals surface area contributed by atoms with Crippen molar-refractivity contribution in [2.45, 2.75) is 59.3 Å². The Morgan fingerprint density at radius 1 is 1.15 bits per heavy atom. The summed E-state index contributed by atoms with van der Waals surface area (Å²) in [6.07, 6.45) is 12.7. The van der Waals surface area contributed by atoms with Gasteiger partial charge in [0.25, 0.3) is 0 Å². The van der Waals surface area contributed by atoms with Gasteiger partial charge in [0.1, 0.15) is 0 Å². The summed E-state index contributed by atoms with van der Waals surface area (Å²) >= 11 is 0. The van der Waals surface area contributed by atoms with Crippen LogP contribution in [-0.2, 0) is 0 Å². The van der Waals surface area contributed by atoms with Crippen LogP contribution in [0.15, 0.2) is 0 Å². The summed E-state index contributed by atoms with van der Waals surface area (Å²) in [5.41, 5.74) is 0. The number of hydrogen-bond donors (Lipinski definition) is 0. The van der Waals surface area contributed by atoms with Crippen LogP contribution in [0.3, 0.4) is 0 Å². The molecule has 0 aliphatic heterocycles. The molecule has 1 atom stereocenters. The zero-order valence-electron chi connectivity index (χ0n) is 9.47. The van der Waals surface area contributed by atoms with E-state index in [1.54, 1.807) is 0 Å². The first kappa shape index (κ1) is 12.6. The van der Waals surface area contributed by atoms with Crippen LogP contribution in [0, 0.1) is 24.2 Å². The van der Waals surface area contributed by atoms with Gasteiger partial charge >= 0.3 is 0 Å². The van der Waals surface area contributed by atoms with Crippen LogP contribution in [0.5, 0.6) is 0 Å². The highest BCUT2D eigenvalue weighted by Crippen LogP contribution is 2.23. The van der Waals surface area contributed by atoms with Crippen molar-refractivity contribution >= 4 is 0 Å². The fourth-order valence-electron chi connectivity index (χ4n) is 2.02. The van der Waals surface area contributed by atoms with Crippen molar-refractivity contribution in [3.05, 3.63) is 0 Å². The van der Waals surface area contributed by atoms with Crippen molar-refractivity contribution in [2.24, 2.45) is 11.8 Å². The van der Waals surface area contributed by atoms with Gasteiger partial charge in [-0.15, -0.1) is 12.3 Å². The second kappa shape index (κ2) is 8.17. The van der Waals surface area contributed by atoms with E-state index >= 15 is 0 Å². The van der Waals surface area contributed by atoms with Crippen LogP contribution in [0.2, 0.25) is 0 Å². The molecule has 0 nitrogen and oxygen atoms in total. The van der Waals surface area contributed by atoms with Crippen molar-refractivity contribution in [1.29, 1.82) is 0 Å². The molecule has 0 amide bonds. The molecule has 0 spiro atoms. The Balaban J connectivity index is 3.49. The van der Waals surface area contributed by atoms with Gasteiger partial charge in [0.05, 0.1) is 0 Å². The topological polar surface area (TPSA) is 0 Å². The predicted molar refractivity (Wildman–Crippen MR) is 60.5 cm³/mol. The van der Waals surface area contributed by atoms with E-state index < -0.39 is 0 Å². The van der Waals surface area contributed by atoms with E-state index in [1.165, 1.54) is 32.1 Å². The van der Waals surface area contributed by atoms with Crippen molar-refractivity contribution in [1.82, 2.24) is 0 Å². The second-order valence-corrected chi connectivity index (χ2v) is 4.00. The normalized spacial score (nSPS) is 12.8. The summed E-state index contributed by atoms with van der Waals surface area (Å²) in [4.78, 5) is 0. The summed E-state index contributed by atoms with van der Waals surface area (Å²) in [7, 11) is 0. The van der Waals surface area contributed by atoms with Crippen LogP contribution in [0.1, 0.15) is 59.3 Å². The first-order chi connectivity index (χ1) is 6.26. The quantitative estimate of drug-likeness (QED) is 0.406. The molecule has 1 unspecified atom stereocenters. The lowest BCUT2D eigenvalue weighted by Gasteiger charge is -2.20. The van der Waals surface area contributed by atoms with Gasteiger partial charge in [-0.1, -0.05) is 46.5 Å². The zero-order valence-corrected chi connectivity index (χ0v) is 9.47. The Kier molecular flexibility index (Phi) is 7.90. The Hall–Kier alpha value is -0.440. The zero-order chi connectivity index (χ0) is 10.1. The maximum Gasteiger partial charge on any atom is 0.00860 e. The lowest BCUT2D eigenvalue weighted by atomic mass is 9.86. The Morgan fingerprint density at radius 3 is 2.23 bits per heavy atom. The number of hydrogen-bond acceptors (Lipinski definition) is 0. The predicted octanol–water partition coefficient (Wildman–Crippen LogP) is 4.25. The molecule has 0 N–H and O–H groups in total. The summed E-state index contributed by atoms with van der Waals surface area (Å²) in [5.74, 6) is 4.50. The largest absolute Gasteiger partial charge is 0.120 e. The summed E-state index contributed by atoms with van der Waals surface area (Å²) < 4.78 is 0. The molecule has 0 aromatic rings. The van der Waals surface area contributed by atoms with Gasteiger partial charge in [0, 0.05) is 6.42 Å². The average molecular weight is 180 g/mol. The Bertz CT molecular complexity index is 137. The van der Waals surface area contributed by atoms with Gasteiger partial charge in [0.2, 0.25) is 0 Å². The molecule has 0 fully saturated rings. The minimum atomic E-state index is 0.882. The third kappa shape index (κ3) is 5.75. The van der Waals surface area contributed by atoms with E-state index in [1.807, 2.05) is 0 Å².